The molecule has 3 rings (SSSR count). The van der Waals surface area contributed by atoms with Crippen molar-refractivity contribution in [3.05, 3.63) is 60.2 Å². The number of rotatable bonds is 2. The van der Waals surface area contributed by atoms with Crippen LogP contribution in [0.15, 0.2) is 54.6 Å². The molecule has 4 heteroatoms. The highest BCUT2D eigenvalue weighted by atomic mass is 16.5. The van der Waals surface area contributed by atoms with Crippen LogP contribution in [0.3, 0.4) is 0 Å². The van der Waals surface area contributed by atoms with Crippen LogP contribution in [0, 0.1) is 5.41 Å². The predicted molar refractivity (Wildman–Crippen MR) is 98.8 cm³/mol. The van der Waals surface area contributed by atoms with Gasteiger partial charge in [0, 0.05) is 10.8 Å². The van der Waals surface area contributed by atoms with E-state index in [9.17, 15) is 9.59 Å². The molecule has 0 radical (unpaired) electrons. The highest BCUT2D eigenvalue weighted by Gasteiger charge is 2.27. The van der Waals surface area contributed by atoms with Gasteiger partial charge in [-0.1, -0.05) is 57.2 Å². The van der Waals surface area contributed by atoms with Gasteiger partial charge in [0.1, 0.15) is 0 Å². The molecule has 0 N–H and O–H groups in total. The lowest BCUT2D eigenvalue weighted by molar-refractivity contribution is 0.0600. The Morgan fingerprint density at radius 1 is 0.960 bits per heavy atom. The predicted octanol–water partition coefficient (Wildman–Crippen LogP) is 4.78. The molecule has 1 heterocycles. The number of nitrogens with zero attached hydrogens (tertiary/aromatic N) is 1. The maximum absolute atomic E-state index is 13.1. The zero-order chi connectivity index (χ0) is 18.2. The van der Waals surface area contributed by atoms with Gasteiger partial charge in [0.25, 0.3) is 0 Å². The monoisotopic (exact) mass is 335 g/mol. The number of methoxy groups -OCH3 is 1. The highest BCUT2D eigenvalue weighted by Crippen LogP contribution is 2.32. The molecular weight excluding hydrogens is 314 g/mol. The normalized spacial score (nSPS) is 11.5. The Kier molecular flexibility index (Phi) is 4.21. The summed E-state index contributed by atoms with van der Waals surface area (Å²) in [5.41, 5.74) is 2.35. The number of ether oxygens (including phenoxy) is 1. The Morgan fingerprint density at radius 2 is 1.64 bits per heavy atom. The molecule has 0 bridgehead atoms. The van der Waals surface area contributed by atoms with Crippen LogP contribution < -0.4 is 0 Å². The molecule has 0 spiro atoms. The van der Waals surface area contributed by atoms with Gasteiger partial charge in [-0.05, 0) is 23.8 Å². The van der Waals surface area contributed by atoms with E-state index in [0.29, 0.717) is 11.1 Å². The Morgan fingerprint density at radius 3 is 2.24 bits per heavy atom. The molecule has 0 aliphatic rings. The average Bonchev–Trinajstić information content (AvgIpc) is 2.98. The van der Waals surface area contributed by atoms with Gasteiger partial charge in [0.15, 0.2) is 0 Å². The summed E-state index contributed by atoms with van der Waals surface area (Å²) < 4.78 is 6.52. The second kappa shape index (κ2) is 6.20. The number of carbonyl (C=O) groups is 2. The quantitative estimate of drug-likeness (QED) is 0.633. The van der Waals surface area contributed by atoms with Gasteiger partial charge in [0.05, 0.1) is 23.9 Å². The summed E-state index contributed by atoms with van der Waals surface area (Å²) in [5, 5.41) is 0.907. The van der Waals surface area contributed by atoms with Crippen molar-refractivity contribution in [2.45, 2.75) is 20.8 Å². The second-order valence-electron chi connectivity index (χ2n) is 7.05. The number of hydrogen-bond donors (Lipinski definition) is 0. The van der Waals surface area contributed by atoms with Gasteiger partial charge < -0.3 is 4.74 Å². The minimum atomic E-state index is -0.559. The number of benzene rings is 2. The molecule has 0 saturated heterocycles. The smallest absolute Gasteiger partial charge is 0.337 e. The van der Waals surface area contributed by atoms with Gasteiger partial charge >= 0.3 is 5.97 Å². The Balaban J connectivity index is 2.32. The third kappa shape index (κ3) is 3.07. The van der Waals surface area contributed by atoms with Crippen molar-refractivity contribution in [2.75, 3.05) is 7.11 Å². The van der Waals surface area contributed by atoms with Crippen molar-refractivity contribution < 1.29 is 14.3 Å². The SMILES string of the molecule is COC(=O)c1ccc2cc(-c3ccccc3)n(C(=O)C(C)(C)C)c2c1. The first kappa shape index (κ1) is 17.0. The summed E-state index contributed by atoms with van der Waals surface area (Å²) in [6, 6.07) is 17.0. The van der Waals surface area contributed by atoms with E-state index in [1.54, 1.807) is 16.7 Å². The van der Waals surface area contributed by atoms with Crippen LogP contribution in [0.4, 0.5) is 0 Å². The Labute approximate surface area is 147 Å². The second-order valence-corrected chi connectivity index (χ2v) is 7.05. The average molecular weight is 335 g/mol. The van der Waals surface area contributed by atoms with Crippen LogP contribution in [0.5, 0.6) is 0 Å². The summed E-state index contributed by atoms with van der Waals surface area (Å²) in [6.45, 7) is 5.67. The topological polar surface area (TPSA) is 48.3 Å². The van der Waals surface area contributed by atoms with Gasteiger partial charge in [-0.25, -0.2) is 4.79 Å². The van der Waals surface area contributed by atoms with Crippen molar-refractivity contribution >= 4 is 22.8 Å². The summed E-state index contributed by atoms with van der Waals surface area (Å²) in [5.74, 6) is -0.442. The highest BCUT2D eigenvalue weighted by molar-refractivity contribution is 6.03. The molecule has 25 heavy (non-hydrogen) atoms. The third-order valence-electron chi connectivity index (χ3n) is 4.14. The van der Waals surface area contributed by atoms with Crippen molar-refractivity contribution in [3.63, 3.8) is 0 Å². The number of carbonyl (C=O) groups excluding carboxylic acids is 2. The maximum Gasteiger partial charge on any atom is 0.337 e. The van der Waals surface area contributed by atoms with Crippen LogP contribution in [-0.2, 0) is 4.74 Å². The van der Waals surface area contributed by atoms with Gasteiger partial charge in [-0.2, -0.15) is 0 Å². The zero-order valence-electron chi connectivity index (χ0n) is 14.9. The molecule has 0 atom stereocenters. The minimum Gasteiger partial charge on any atom is -0.465 e. The van der Waals surface area contributed by atoms with Crippen molar-refractivity contribution in [1.82, 2.24) is 4.57 Å². The molecule has 1 aromatic heterocycles. The standard InChI is InChI=1S/C21H21NO3/c1-21(2,3)20(24)22-17(14-8-6-5-7-9-14)12-15-10-11-16(13-18(15)22)19(23)25-4/h5-13H,1-4H3. The number of fused-ring (bicyclic) bond motifs is 1. The van der Waals surface area contributed by atoms with Crippen LogP contribution in [-0.4, -0.2) is 23.6 Å². The summed E-state index contributed by atoms with van der Waals surface area (Å²) >= 11 is 0. The fourth-order valence-electron chi connectivity index (χ4n) is 2.82. The molecule has 0 aliphatic carbocycles. The molecule has 128 valence electrons. The van der Waals surface area contributed by atoms with Crippen molar-refractivity contribution in [1.29, 1.82) is 0 Å². The first-order valence-corrected chi connectivity index (χ1v) is 8.17. The van der Waals surface area contributed by atoms with Gasteiger partial charge in [-0.15, -0.1) is 0 Å². The van der Waals surface area contributed by atoms with Crippen LogP contribution in [0.1, 0.15) is 35.9 Å². The van der Waals surface area contributed by atoms with E-state index in [4.69, 9.17) is 4.74 Å². The summed E-state index contributed by atoms with van der Waals surface area (Å²) in [4.78, 5) is 25.0. The van der Waals surface area contributed by atoms with Crippen LogP contribution in [0.2, 0.25) is 0 Å². The molecule has 3 aromatic rings. The van der Waals surface area contributed by atoms with Crippen molar-refractivity contribution in [3.8, 4) is 11.3 Å². The molecule has 4 nitrogen and oxygen atoms in total. The van der Waals surface area contributed by atoms with Gasteiger partial charge in [0.2, 0.25) is 5.91 Å². The molecule has 0 amide bonds. The lowest BCUT2D eigenvalue weighted by Crippen LogP contribution is -2.27. The summed E-state index contributed by atoms with van der Waals surface area (Å²) in [7, 11) is 1.35. The maximum atomic E-state index is 13.1. The molecule has 0 unspecified atom stereocenters. The molecule has 0 aliphatic heterocycles. The van der Waals surface area contributed by atoms with E-state index in [0.717, 1.165) is 16.6 Å². The van der Waals surface area contributed by atoms with E-state index in [1.165, 1.54) is 7.11 Å². The Hall–Kier alpha value is -2.88. The minimum absolute atomic E-state index is 0.0247. The van der Waals surface area contributed by atoms with Crippen LogP contribution in [0.25, 0.3) is 22.2 Å². The van der Waals surface area contributed by atoms with E-state index in [2.05, 4.69) is 0 Å². The number of hydrogen-bond acceptors (Lipinski definition) is 3. The van der Waals surface area contributed by atoms with E-state index in [1.807, 2.05) is 63.2 Å². The van der Waals surface area contributed by atoms with E-state index in [-0.39, 0.29) is 5.91 Å². The summed E-state index contributed by atoms with van der Waals surface area (Å²) in [6.07, 6.45) is 0. The third-order valence-corrected chi connectivity index (χ3v) is 4.14. The fraction of sp³-hybridized carbons (Fsp3) is 0.238. The number of esters is 1. The van der Waals surface area contributed by atoms with E-state index >= 15 is 0 Å². The number of aromatic nitrogens is 1. The Bertz CT molecular complexity index is 946. The lowest BCUT2D eigenvalue weighted by Gasteiger charge is -2.20. The fourth-order valence-corrected chi connectivity index (χ4v) is 2.82. The first-order chi connectivity index (χ1) is 11.8. The molecule has 0 saturated carbocycles. The van der Waals surface area contributed by atoms with Crippen molar-refractivity contribution in [2.24, 2.45) is 5.41 Å². The molecular formula is C21H21NO3. The van der Waals surface area contributed by atoms with E-state index < -0.39 is 11.4 Å². The molecule has 2 aromatic carbocycles. The lowest BCUT2D eigenvalue weighted by atomic mass is 9.95. The first-order valence-electron chi connectivity index (χ1n) is 8.17. The van der Waals surface area contributed by atoms with Gasteiger partial charge in [-0.3, -0.25) is 9.36 Å². The zero-order valence-corrected chi connectivity index (χ0v) is 14.9. The molecule has 0 fully saturated rings. The largest absolute Gasteiger partial charge is 0.465 e. The van der Waals surface area contributed by atoms with Crippen LogP contribution >= 0.6 is 0 Å².